The summed E-state index contributed by atoms with van der Waals surface area (Å²) in [5.74, 6) is 0.789. The lowest BCUT2D eigenvalue weighted by Gasteiger charge is -2.44. The number of likely N-dealkylation sites (tertiary alicyclic amines) is 2. The van der Waals surface area contributed by atoms with Crippen molar-refractivity contribution in [2.75, 3.05) is 33.3 Å². The minimum Gasteiger partial charge on any atom is -0.494 e. The molecule has 0 radical (unpaired) electrons. The first-order valence-electron chi connectivity index (χ1n) is 16.4. The fourth-order valence-corrected chi connectivity index (χ4v) is 7.22. The Morgan fingerprint density at radius 3 is 2.48 bits per heavy atom. The molecule has 5 aromatic rings. The topological polar surface area (TPSA) is 112 Å². The summed E-state index contributed by atoms with van der Waals surface area (Å²) < 4.78 is 40.9. The first-order chi connectivity index (χ1) is 23.2. The van der Waals surface area contributed by atoms with Crippen LogP contribution in [0.2, 0.25) is 0 Å². The molecule has 1 saturated carbocycles. The second-order valence-corrected chi connectivity index (χ2v) is 13.5. The van der Waals surface area contributed by atoms with Crippen LogP contribution >= 0.6 is 0 Å². The van der Waals surface area contributed by atoms with Crippen molar-refractivity contribution in [2.24, 2.45) is 11.7 Å². The third-order valence-corrected chi connectivity index (χ3v) is 9.71. The molecule has 2 aliphatic heterocycles. The highest BCUT2D eigenvalue weighted by molar-refractivity contribution is 6.00. The Kier molecular flexibility index (Phi) is 7.43. The maximum atomic E-state index is 16.7. The fraction of sp³-hybridized carbons (Fsp3) is 0.389. The standard InChI is InChI=1S/C36H37F2N7O3/c1-48-30-14-25(35(47)42-17-26(37)15-27(39)18-42)12-28-31(30)45(21-36(38)19-43(20-36)34(46)23-6-3-2-4-7-23)33(41-28)29-13-24-8-5-11-40-32(24)44(29)16-22-9-10-22/h2-8,11-14,22,26-27H,9-10,15-21,39H2,1H3/t26-,27-/m1/s1. The Morgan fingerprint density at radius 2 is 1.75 bits per heavy atom. The molecule has 1 aliphatic carbocycles. The van der Waals surface area contributed by atoms with E-state index in [2.05, 4.69) is 9.55 Å². The number of hydrogen-bond donors (Lipinski definition) is 1. The van der Waals surface area contributed by atoms with Crippen molar-refractivity contribution >= 4 is 33.9 Å². The number of hydrogen-bond acceptors (Lipinski definition) is 6. The minimum absolute atomic E-state index is 0.0383. The summed E-state index contributed by atoms with van der Waals surface area (Å²) >= 11 is 0. The van der Waals surface area contributed by atoms with Crippen molar-refractivity contribution in [1.82, 2.24) is 28.9 Å². The van der Waals surface area contributed by atoms with Gasteiger partial charge in [0.05, 0.1) is 44.5 Å². The maximum Gasteiger partial charge on any atom is 0.254 e. The Balaban J connectivity index is 1.23. The van der Waals surface area contributed by atoms with Gasteiger partial charge in [-0.3, -0.25) is 9.59 Å². The molecular formula is C36H37F2N7O3. The first-order valence-corrected chi connectivity index (χ1v) is 16.4. The molecular weight excluding hydrogens is 616 g/mol. The van der Waals surface area contributed by atoms with E-state index in [4.69, 9.17) is 15.5 Å². The van der Waals surface area contributed by atoms with Crippen LogP contribution in [0.15, 0.2) is 66.9 Å². The molecule has 8 rings (SSSR count). The van der Waals surface area contributed by atoms with Crippen LogP contribution < -0.4 is 10.5 Å². The van der Waals surface area contributed by atoms with Crippen LogP contribution in [-0.4, -0.2) is 91.9 Å². The second-order valence-electron chi connectivity index (χ2n) is 13.5. The third-order valence-electron chi connectivity index (χ3n) is 9.71. The molecule has 2 saturated heterocycles. The number of nitrogens with zero attached hydrogens (tertiary/aromatic N) is 6. The number of pyridine rings is 1. The van der Waals surface area contributed by atoms with Crippen LogP contribution in [0.5, 0.6) is 5.75 Å². The summed E-state index contributed by atoms with van der Waals surface area (Å²) in [7, 11) is 1.50. The number of halogens is 2. The monoisotopic (exact) mass is 653 g/mol. The number of fused-ring (bicyclic) bond motifs is 2. The molecule has 3 fully saturated rings. The lowest BCUT2D eigenvalue weighted by molar-refractivity contribution is -0.0290. The van der Waals surface area contributed by atoms with Crippen LogP contribution in [0.4, 0.5) is 8.78 Å². The van der Waals surface area contributed by atoms with Gasteiger partial charge in [0.1, 0.15) is 23.1 Å². The lowest BCUT2D eigenvalue weighted by atomic mass is 9.94. The van der Waals surface area contributed by atoms with Gasteiger partial charge in [-0.25, -0.2) is 18.7 Å². The van der Waals surface area contributed by atoms with Gasteiger partial charge in [0.25, 0.3) is 11.8 Å². The number of nitrogens with two attached hydrogens (primary N) is 1. The van der Waals surface area contributed by atoms with Crippen LogP contribution in [-0.2, 0) is 13.1 Å². The number of benzene rings is 2. The molecule has 2 N–H and O–H groups in total. The van der Waals surface area contributed by atoms with Gasteiger partial charge in [-0.1, -0.05) is 18.2 Å². The van der Waals surface area contributed by atoms with E-state index in [1.54, 1.807) is 42.6 Å². The number of carbonyl (C=O) groups is 2. The quantitative estimate of drug-likeness (QED) is 0.257. The van der Waals surface area contributed by atoms with Gasteiger partial charge in [0, 0.05) is 41.8 Å². The fourth-order valence-electron chi connectivity index (χ4n) is 7.22. The molecule has 5 heterocycles. The van der Waals surface area contributed by atoms with Crippen molar-refractivity contribution in [1.29, 1.82) is 0 Å². The molecule has 2 aromatic carbocycles. The number of methoxy groups -OCH3 is 1. The van der Waals surface area contributed by atoms with E-state index in [9.17, 15) is 14.0 Å². The minimum atomic E-state index is -1.74. The normalized spacial score (nSPS) is 20.7. The summed E-state index contributed by atoms with van der Waals surface area (Å²) in [4.78, 5) is 39.4. The highest BCUT2D eigenvalue weighted by Crippen LogP contribution is 2.40. The van der Waals surface area contributed by atoms with Gasteiger partial charge < -0.3 is 29.4 Å². The predicted molar refractivity (Wildman–Crippen MR) is 177 cm³/mol. The molecule has 48 heavy (non-hydrogen) atoms. The summed E-state index contributed by atoms with van der Waals surface area (Å²) in [6.07, 6.45) is 3.02. The molecule has 0 spiro atoms. The van der Waals surface area contributed by atoms with E-state index in [1.165, 1.54) is 16.9 Å². The van der Waals surface area contributed by atoms with Crippen LogP contribution in [0.1, 0.15) is 40.0 Å². The smallest absolute Gasteiger partial charge is 0.254 e. The average molecular weight is 654 g/mol. The van der Waals surface area contributed by atoms with E-state index in [-0.39, 0.29) is 56.5 Å². The zero-order valence-corrected chi connectivity index (χ0v) is 26.7. The Morgan fingerprint density at radius 1 is 0.979 bits per heavy atom. The third kappa shape index (κ3) is 5.47. The zero-order valence-electron chi connectivity index (χ0n) is 26.7. The zero-order chi connectivity index (χ0) is 33.2. The summed E-state index contributed by atoms with van der Waals surface area (Å²) in [6, 6.07) is 17.6. The van der Waals surface area contributed by atoms with Crippen molar-refractivity contribution in [2.45, 2.75) is 50.2 Å². The van der Waals surface area contributed by atoms with Crippen molar-refractivity contribution in [3.63, 3.8) is 0 Å². The van der Waals surface area contributed by atoms with Crippen LogP contribution in [0.3, 0.4) is 0 Å². The van der Waals surface area contributed by atoms with E-state index in [0.717, 1.165) is 36.1 Å². The molecule has 2 atom stereocenters. The largest absolute Gasteiger partial charge is 0.494 e. The lowest BCUT2D eigenvalue weighted by Crippen LogP contribution is -2.62. The highest BCUT2D eigenvalue weighted by atomic mass is 19.1. The predicted octanol–water partition coefficient (Wildman–Crippen LogP) is 4.85. The van der Waals surface area contributed by atoms with Crippen molar-refractivity contribution in [3.8, 4) is 17.3 Å². The first kappa shape index (κ1) is 30.5. The molecule has 12 heteroatoms. The van der Waals surface area contributed by atoms with Crippen molar-refractivity contribution in [3.05, 3.63) is 78.0 Å². The number of amides is 2. The van der Waals surface area contributed by atoms with Gasteiger partial charge in [0.15, 0.2) is 11.5 Å². The molecule has 248 valence electrons. The highest BCUT2D eigenvalue weighted by Gasteiger charge is 2.47. The maximum absolute atomic E-state index is 16.7. The van der Waals surface area contributed by atoms with E-state index < -0.39 is 17.9 Å². The second kappa shape index (κ2) is 11.7. The number of piperidine rings is 1. The average Bonchev–Trinajstić information content (AvgIpc) is 3.73. The van der Waals surface area contributed by atoms with E-state index in [0.29, 0.717) is 34.1 Å². The van der Waals surface area contributed by atoms with Gasteiger partial charge in [-0.2, -0.15) is 0 Å². The Labute approximate surface area is 276 Å². The number of imidazole rings is 1. The van der Waals surface area contributed by atoms with E-state index in [1.807, 2.05) is 28.8 Å². The van der Waals surface area contributed by atoms with Gasteiger partial charge in [-0.15, -0.1) is 0 Å². The number of ether oxygens (including phenoxy) is 1. The molecule has 3 aliphatic rings. The van der Waals surface area contributed by atoms with Crippen LogP contribution in [0.25, 0.3) is 33.6 Å². The summed E-state index contributed by atoms with van der Waals surface area (Å²) in [5.41, 5.74) is 7.69. The SMILES string of the molecule is COc1cc(C(=O)N2C[C@H](N)C[C@@H](F)C2)cc2nc(-c3cc4cccnc4n3CC3CC3)n(CC3(F)CN(C(=O)c4ccccc4)C3)c12. The molecule has 10 nitrogen and oxygen atoms in total. The number of carbonyl (C=O) groups excluding carboxylic acids is 2. The molecule has 2 amide bonds. The molecule has 3 aromatic heterocycles. The van der Waals surface area contributed by atoms with Gasteiger partial charge in [-0.05, 0) is 67.6 Å². The molecule has 0 unspecified atom stereocenters. The number of aromatic nitrogens is 4. The van der Waals surface area contributed by atoms with Crippen molar-refractivity contribution < 1.29 is 23.1 Å². The Bertz CT molecular complexity index is 2020. The van der Waals surface area contributed by atoms with E-state index >= 15 is 4.39 Å². The van der Waals surface area contributed by atoms with Gasteiger partial charge >= 0.3 is 0 Å². The van der Waals surface area contributed by atoms with Crippen LogP contribution in [0, 0.1) is 5.92 Å². The number of alkyl halides is 2. The summed E-state index contributed by atoms with van der Waals surface area (Å²) in [5, 5.41) is 0.940. The Hall–Kier alpha value is -4.84. The number of rotatable bonds is 8. The molecule has 0 bridgehead atoms. The summed E-state index contributed by atoms with van der Waals surface area (Å²) in [6.45, 7) is 0.707. The van der Waals surface area contributed by atoms with Gasteiger partial charge in [0.2, 0.25) is 0 Å².